The van der Waals surface area contributed by atoms with E-state index >= 15 is 0 Å². The molecular weight excluding hydrogens is 209 g/mol. The normalized spacial score (nSPS) is 8.29. The summed E-state index contributed by atoms with van der Waals surface area (Å²) in [5.74, 6) is 0. The summed E-state index contributed by atoms with van der Waals surface area (Å²) in [6.07, 6.45) is 0. The van der Waals surface area contributed by atoms with Crippen molar-refractivity contribution in [1.82, 2.24) is 0 Å². The van der Waals surface area contributed by atoms with Crippen LogP contribution in [0.4, 0.5) is 0 Å². The minimum Gasteiger partial charge on any atom is -0.759 e. The third-order valence-corrected chi connectivity index (χ3v) is 0. The molecule has 0 fully saturated rings. The number of hydrogen-bond donors (Lipinski definition) is 0. The second-order valence-corrected chi connectivity index (χ2v) is 1.22. The van der Waals surface area contributed by atoms with Crippen LogP contribution in [0.15, 0.2) is 0 Å². The van der Waals surface area contributed by atoms with Gasteiger partial charge in [-0.2, -0.15) is 0 Å². The van der Waals surface area contributed by atoms with Crippen LogP contribution in [-0.4, -0.2) is 17.5 Å². The molecule has 36 valence electrons. The summed E-state index contributed by atoms with van der Waals surface area (Å²) in [5.41, 5.74) is 0. The molecule has 0 atom stereocenters. The molecule has 0 rings (SSSR count). The second-order valence-electron chi connectivity index (χ2n) is 0.408. The molecule has 0 aliphatic carbocycles. The van der Waals surface area contributed by atoms with Crippen LogP contribution < -0.4 is 0 Å². The van der Waals surface area contributed by atoms with E-state index in [0.717, 1.165) is 0 Å². The summed E-state index contributed by atoms with van der Waals surface area (Å²) in [4.78, 5) is 0. The van der Waals surface area contributed by atoms with Crippen molar-refractivity contribution in [1.29, 1.82) is 0 Å². The Labute approximate surface area is 68.9 Å². The number of rotatable bonds is 0. The van der Waals surface area contributed by atoms with E-state index in [9.17, 15) is 0 Å². The maximum atomic E-state index is 8.52. The first-order valence-corrected chi connectivity index (χ1v) is 2.00. The zero-order valence-corrected chi connectivity index (χ0v) is 8.59. The van der Waals surface area contributed by atoms with E-state index in [-0.39, 0.29) is 41.2 Å². The molecule has 0 bridgehead atoms. The van der Waals surface area contributed by atoms with Crippen LogP contribution in [-0.2, 0) is 51.6 Å². The van der Waals surface area contributed by atoms with E-state index in [1.807, 2.05) is 0 Å². The zero-order chi connectivity index (χ0) is 4.50. The first-order chi connectivity index (χ1) is 2.00. The van der Waals surface area contributed by atoms with Gasteiger partial charge in [-0.05, 0) is 0 Å². The van der Waals surface area contributed by atoms with Crippen LogP contribution in [0, 0.1) is 0 Å². The Balaban J connectivity index is -0.0000000800. The van der Waals surface area contributed by atoms with Crippen molar-refractivity contribution in [2.45, 2.75) is 0 Å². The third kappa shape index (κ3) is 134. The first kappa shape index (κ1) is 15.7. The fourth-order valence-corrected chi connectivity index (χ4v) is 0. The van der Waals surface area contributed by atoms with Crippen molar-refractivity contribution in [2.24, 2.45) is 0 Å². The zero-order valence-electron chi connectivity index (χ0n) is 3.25. The standard InChI is InChI=1S/H2O4S.Ti.Zn/c1-5(2,3)4;;/h(H2,1,2,3,4);;/q;;+2/p-2. The van der Waals surface area contributed by atoms with Crippen LogP contribution in [0.5, 0.6) is 0 Å². The predicted octanol–water partition coefficient (Wildman–Crippen LogP) is -1.34. The molecule has 0 saturated heterocycles. The van der Waals surface area contributed by atoms with E-state index in [4.69, 9.17) is 17.5 Å². The van der Waals surface area contributed by atoms with Gasteiger partial charge in [0, 0.05) is 32.1 Å². The summed E-state index contributed by atoms with van der Waals surface area (Å²) in [5, 5.41) is 0. The molecule has 0 aliphatic rings. The predicted molar refractivity (Wildman–Crippen MR) is 10.5 cm³/mol. The van der Waals surface area contributed by atoms with Crippen LogP contribution >= 0.6 is 0 Å². The van der Waals surface area contributed by atoms with Gasteiger partial charge in [0.1, 0.15) is 0 Å². The molecule has 0 aromatic rings. The van der Waals surface area contributed by atoms with Gasteiger partial charge in [-0.3, -0.25) is 8.42 Å². The van der Waals surface area contributed by atoms with Crippen molar-refractivity contribution in [3.05, 3.63) is 0 Å². The molecule has 0 saturated carbocycles. The second kappa shape index (κ2) is 5.35. The van der Waals surface area contributed by atoms with Gasteiger partial charge in [-0.1, -0.05) is 0 Å². The third-order valence-electron chi connectivity index (χ3n) is 0. The summed E-state index contributed by atoms with van der Waals surface area (Å²) in [6, 6.07) is 0. The summed E-state index contributed by atoms with van der Waals surface area (Å²) in [7, 11) is -5.17. The fraction of sp³-hybridized carbons (Fsp3) is 0. The maximum absolute atomic E-state index is 8.52. The summed E-state index contributed by atoms with van der Waals surface area (Å²) in [6.45, 7) is 0. The Morgan fingerprint density at radius 2 is 1.14 bits per heavy atom. The molecule has 7 heavy (non-hydrogen) atoms. The molecule has 0 radical (unpaired) electrons. The Hall–Kier alpha value is 1.21. The first-order valence-electron chi connectivity index (χ1n) is 0.667. The monoisotopic (exact) mass is 208 g/mol. The van der Waals surface area contributed by atoms with E-state index in [0.29, 0.717) is 0 Å². The molecule has 0 heterocycles. The minimum absolute atomic E-state index is 0. The molecule has 0 unspecified atom stereocenters. The Morgan fingerprint density at radius 1 is 1.14 bits per heavy atom. The van der Waals surface area contributed by atoms with Crippen molar-refractivity contribution in [3.8, 4) is 0 Å². The molecule has 0 amide bonds. The van der Waals surface area contributed by atoms with Crippen molar-refractivity contribution >= 4 is 10.4 Å². The summed E-state index contributed by atoms with van der Waals surface area (Å²) < 4.78 is 34.1. The van der Waals surface area contributed by atoms with Crippen LogP contribution in [0.3, 0.4) is 0 Å². The van der Waals surface area contributed by atoms with Gasteiger partial charge in [-0.15, -0.1) is 0 Å². The largest absolute Gasteiger partial charge is 2.00 e. The molecule has 0 aromatic carbocycles. The van der Waals surface area contributed by atoms with Crippen molar-refractivity contribution < 1.29 is 58.7 Å². The van der Waals surface area contributed by atoms with Crippen molar-refractivity contribution in [2.75, 3.05) is 0 Å². The van der Waals surface area contributed by atoms with Crippen LogP contribution in [0.2, 0.25) is 0 Å². The smallest absolute Gasteiger partial charge is 0.759 e. The molecule has 7 heteroatoms. The molecular formula is O4STiZn. The van der Waals surface area contributed by atoms with E-state index in [1.165, 1.54) is 0 Å². The minimum atomic E-state index is -5.17. The van der Waals surface area contributed by atoms with Crippen LogP contribution in [0.1, 0.15) is 0 Å². The van der Waals surface area contributed by atoms with Gasteiger partial charge >= 0.3 is 19.5 Å². The summed E-state index contributed by atoms with van der Waals surface area (Å²) >= 11 is 0. The fourth-order valence-electron chi connectivity index (χ4n) is 0. The van der Waals surface area contributed by atoms with E-state index < -0.39 is 10.4 Å². The number of hydrogen-bond acceptors (Lipinski definition) is 4. The molecule has 0 spiro atoms. The SMILES string of the molecule is O=S(=O)([O-])[O-].[Ti].[Zn+2]. The van der Waals surface area contributed by atoms with Gasteiger partial charge in [0.05, 0.1) is 0 Å². The Kier molecular flexibility index (Phi) is 12.0. The molecule has 4 nitrogen and oxygen atoms in total. The quantitative estimate of drug-likeness (QED) is 0.281. The average Bonchev–Trinajstić information content (AvgIpc) is 0.722. The van der Waals surface area contributed by atoms with Gasteiger partial charge in [-0.25, -0.2) is 0 Å². The van der Waals surface area contributed by atoms with Crippen LogP contribution in [0.25, 0.3) is 0 Å². The van der Waals surface area contributed by atoms with Gasteiger partial charge < -0.3 is 9.11 Å². The van der Waals surface area contributed by atoms with Gasteiger partial charge in [0.2, 0.25) is 0 Å². The average molecular weight is 209 g/mol. The molecule has 0 aromatic heterocycles. The Morgan fingerprint density at radius 3 is 1.14 bits per heavy atom. The maximum Gasteiger partial charge on any atom is 2.00 e. The van der Waals surface area contributed by atoms with Gasteiger partial charge in [0.15, 0.2) is 0 Å². The topological polar surface area (TPSA) is 80.3 Å². The molecule has 0 aliphatic heterocycles. The Bertz CT molecular complexity index is 94.9. The van der Waals surface area contributed by atoms with E-state index in [2.05, 4.69) is 0 Å². The van der Waals surface area contributed by atoms with E-state index in [1.54, 1.807) is 0 Å². The molecule has 0 N–H and O–H groups in total. The van der Waals surface area contributed by atoms with Gasteiger partial charge in [0.25, 0.3) is 0 Å². The van der Waals surface area contributed by atoms with Crippen molar-refractivity contribution in [3.63, 3.8) is 0 Å².